The molecule has 1 N–H and O–H groups in total. The molecule has 1 aromatic carbocycles. The Morgan fingerprint density at radius 2 is 2.04 bits per heavy atom. The van der Waals surface area contributed by atoms with E-state index in [0.29, 0.717) is 28.9 Å². The van der Waals surface area contributed by atoms with Gasteiger partial charge in [-0.3, -0.25) is 9.10 Å². The molecule has 2 rings (SSSR count). The highest BCUT2D eigenvalue weighted by molar-refractivity contribution is 7.99. The van der Waals surface area contributed by atoms with Crippen LogP contribution in [0.25, 0.3) is 0 Å². The van der Waals surface area contributed by atoms with E-state index in [-0.39, 0.29) is 5.91 Å². The molecule has 27 heavy (non-hydrogen) atoms. The van der Waals surface area contributed by atoms with E-state index in [1.807, 2.05) is 25.6 Å². The first-order valence-electron chi connectivity index (χ1n) is 9.39. The third kappa shape index (κ3) is 6.29. The highest BCUT2D eigenvalue weighted by Crippen LogP contribution is 2.29. The number of anilines is 1. The Bertz CT molecular complexity index is 749. The average molecular weight is 433 g/mol. The van der Waals surface area contributed by atoms with Gasteiger partial charge in [-0.15, -0.1) is 0 Å². The van der Waals surface area contributed by atoms with E-state index in [2.05, 4.69) is 5.32 Å². The highest BCUT2D eigenvalue weighted by atomic mass is 35.5. The van der Waals surface area contributed by atoms with Crippen molar-refractivity contribution in [3.63, 3.8) is 0 Å². The summed E-state index contributed by atoms with van der Waals surface area (Å²) >= 11 is 8.07. The van der Waals surface area contributed by atoms with Crippen molar-refractivity contribution in [2.75, 3.05) is 22.9 Å². The number of carbonyl (C=O) groups is 1. The van der Waals surface area contributed by atoms with Gasteiger partial charge < -0.3 is 5.32 Å². The molecule has 1 amide bonds. The highest BCUT2D eigenvalue weighted by Gasteiger charge is 2.31. The Labute approximate surface area is 172 Å². The van der Waals surface area contributed by atoms with Gasteiger partial charge in [-0.1, -0.05) is 37.4 Å². The zero-order valence-electron chi connectivity index (χ0n) is 16.2. The van der Waals surface area contributed by atoms with Gasteiger partial charge in [0.25, 0.3) is 0 Å². The van der Waals surface area contributed by atoms with E-state index in [1.165, 1.54) is 30.0 Å². The molecule has 1 atom stereocenters. The third-order valence-corrected chi connectivity index (χ3v) is 7.77. The zero-order valence-corrected chi connectivity index (χ0v) is 18.6. The second kappa shape index (κ2) is 10.0. The zero-order chi connectivity index (χ0) is 20.0. The summed E-state index contributed by atoms with van der Waals surface area (Å²) in [5, 5.41) is 4.08. The molecule has 0 aromatic heterocycles. The number of aryl methyl sites for hydroxylation is 1. The first kappa shape index (κ1) is 22.4. The molecule has 1 aliphatic rings. The lowest BCUT2D eigenvalue weighted by Crippen LogP contribution is -2.49. The number of nitrogens with zero attached hydrogens (tertiary/aromatic N) is 1. The maximum absolute atomic E-state index is 12.7. The number of amides is 1. The molecule has 0 bridgehead atoms. The van der Waals surface area contributed by atoms with E-state index in [4.69, 9.17) is 11.6 Å². The third-order valence-electron chi connectivity index (χ3n) is 4.80. The number of halogens is 1. The van der Waals surface area contributed by atoms with Gasteiger partial charge in [0, 0.05) is 22.6 Å². The van der Waals surface area contributed by atoms with Crippen molar-refractivity contribution in [1.82, 2.24) is 5.32 Å². The summed E-state index contributed by atoms with van der Waals surface area (Å²) < 4.78 is 26.0. The van der Waals surface area contributed by atoms with Crippen LogP contribution in [0.4, 0.5) is 5.69 Å². The molecular formula is C19H29ClN2O3S2. The van der Waals surface area contributed by atoms with E-state index >= 15 is 0 Å². The van der Waals surface area contributed by atoms with Crippen LogP contribution in [0, 0.1) is 6.92 Å². The second-order valence-electron chi connectivity index (χ2n) is 6.98. The monoisotopic (exact) mass is 432 g/mol. The Morgan fingerprint density at radius 1 is 1.37 bits per heavy atom. The van der Waals surface area contributed by atoms with Crippen LogP contribution in [0.2, 0.25) is 5.02 Å². The van der Waals surface area contributed by atoms with Crippen LogP contribution in [0.15, 0.2) is 18.2 Å². The van der Waals surface area contributed by atoms with Crippen molar-refractivity contribution in [2.24, 2.45) is 0 Å². The lowest BCUT2D eigenvalue weighted by Gasteiger charge is -2.30. The summed E-state index contributed by atoms with van der Waals surface area (Å²) in [5.41, 5.74) is 1.27. The first-order valence-corrected chi connectivity index (χ1v) is 12.7. The molecule has 0 radical (unpaired) electrons. The lowest BCUT2D eigenvalue weighted by atomic mass is 10.1. The Hall–Kier alpha value is -0.920. The predicted octanol–water partition coefficient (Wildman–Crippen LogP) is 3.99. The predicted molar refractivity (Wildman–Crippen MR) is 115 cm³/mol. The minimum absolute atomic E-state index is 0.272. The summed E-state index contributed by atoms with van der Waals surface area (Å²) in [7, 11) is -3.64. The molecule has 0 aliphatic heterocycles. The molecule has 1 aromatic rings. The second-order valence-corrected chi connectivity index (χ2v) is 10.7. The van der Waals surface area contributed by atoms with Crippen molar-refractivity contribution in [1.29, 1.82) is 0 Å². The molecule has 1 aliphatic carbocycles. The minimum atomic E-state index is -3.64. The fourth-order valence-electron chi connectivity index (χ4n) is 3.35. The van der Waals surface area contributed by atoms with Gasteiger partial charge in [0.05, 0.1) is 11.9 Å². The summed E-state index contributed by atoms with van der Waals surface area (Å²) in [6, 6.07) is 4.26. The minimum Gasteiger partial charge on any atom is -0.353 e. The van der Waals surface area contributed by atoms with Crippen LogP contribution in [-0.4, -0.2) is 44.2 Å². The first-order chi connectivity index (χ1) is 12.7. The molecule has 0 unspecified atom stereocenters. The largest absolute Gasteiger partial charge is 0.353 e. The Balaban J connectivity index is 2.07. The van der Waals surface area contributed by atoms with E-state index in [1.54, 1.807) is 18.2 Å². The lowest BCUT2D eigenvalue weighted by molar-refractivity contribution is -0.122. The van der Waals surface area contributed by atoms with Crippen molar-refractivity contribution >= 4 is 45.0 Å². The summed E-state index contributed by atoms with van der Waals surface area (Å²) in [6.45, 7) is 4.21. The van der Waals surface area contributed by atoms with Crippen LogP contribution in [0.5, 0.6) is 0 Å². The van der Waals surface area contributed by atoms with Crippen LogP contribution < -0.4 is 9.62 Å². The standard InChI is InChI=1S/C19H29ClN2O3S2/c1-4-18(19(23)21-11-12-26-16-7-5-6-8-16)22(27(3,24)25)15-10-9-14(2)17(20)13-15/h9-10,13,16,18H,4-8,11-12H2,1-3H3,(H,21,23)/t18-/m1/s1. The van der Waals surface area contributed by atoms with Crippen LogP contribution in [-0.2, 0) is 14.8 Å². The molecule has 0 spiro atoms. The number of nitrogens with one attached hydrogen (secondary N) is 1. The average Bonchev–Trinajstić information content (AvgIpc) is 3.11. The molecule has 1 fully saturated rings. The number of rotatable bonds is 9. The fraction of sp³-hybridized carbons (Fsp3) is 0.632. The molecule has 5 nitrogen and oxygen atoms in total. The molecule has 0 heterocycles. The summed E-state index contributed by atoms with van der Waals surface area (Å²) in [5.74, 6) is 0.578. The van der Waals surface area contributed by atoms with Crippen molar-refractivity contribution < 1.29 is 13.2 Å². The van der Waals surface area contributed by atoms with Gasteiger partial charge in [0.15, 0.2) is 0 Å². The smallest absolute Gasteiger partial charge is 0.243 e. The maximum atomic E-state index is 12.7. The SMILES string of the molecule is CC[C@H](C(=O)NCCSC1CCCC1)N(c1ccc(C)c(Cl)c1)S(C)(=O)=O. The number of hydrogen-bond donors (Lipinski definition) is 1. The van der Waals surface area contributed by atoms with Crippen molar-refractivity contribution in [2.45, 2.75) is 57.2 Å². The Morgan fingerprint density at radius 3 is 2.59 bits per heavy atom. The number of hydrogen-bond acceptors (Lipinski definition) is 4. The van der Waals surface area contributed by atoms with E-state index in [9.17, 15) is 13.2 Å². The van der Waals surface area contributed by atoms with Gasteiger partial charge in [-0.25, -0.2) is 8.42 Å². The molecule has 0 saturated heterocycles. The maximum Gasteiger partial charge on any atom is 0.243 e. The normalized spacial score (nSPS) is 16.3. The molecule has 8 heteroatoms. The summed E-state index contributed by atoms with van der Waals surface area (Å²) in [6.07, 6.45) is 6.60. The fourth-order valence-corrected chi connectivity index (χ4v) is 5.95. The quantitative estimate of drug-likeness (QED) is 0.599. The van der Waals surface area contributed by atoms with Crippen LogP contribution in [0.3, 0.4) is 0 Å². The van der Waals surface area contributed by atoms with Crippen LogP contribution >= 0.6 is 23.4 Å². The number of benzene rings is 1. The summed E-state index contributed by atoms with van der Waals surface area (Å²) in [4.78, 5) is 12.7. The Kier molecular flexibility index (Phi) is 8.31. The number of sulfonamides is 1. The van der Waals surface area contributed by atoms with Crippen molar-refractivity contribution in [3.05, 3.63) is 28.8 Å². The van der Waals surface area contributed by atoms with Gasteiger partial charge in [-0.05, 0) is 43.9 Å². The van der Waals surface area contributed by atoms with E-state index < -0.39 is 16.1 Å². The van der Waals surface area contributed by atoms with Gasteiger partial charge in [0.2, 0.25) is 15.9 Å². The molecule has 152 valence electrons. The number of carbonyl (C=O) groups excluding carboxylic acids is 1. The molecule has 1 saturated carbocycles. The topological polar surface area (TPSA) is 66.5 Å². The van der Waals surface area contributed by atoms with Crippen molar-refractivity contribution in [3.8, 4) is 0 Å². The van der Waals surface area contributed by atoms with Gasteiger partial charge >= 0.3 is 0 Å². The van der Waals surface area contributed by atoms with E-state index in [0.717, 1.165) is 17.6 Å². The van der Waals surface area contributed by atoms with Crippen LogP contribution in [0.1, 0.15) is 44.6 Å². The molecular weight excluding hydrogens is 404 g/mol. The van der Waals surface area contributed by atoms with Gasteiger partial charge in [0.1, 0.15) is 6.04 Å². The number of thioether (sulfide) groups is 1. The van der Waals surface area contributed by atoms with Gasteiger partial charge in [-0.2, -0.15) is 11.8 Å².